The average Bonchev–Trinajstić information content (AvgIpc) is 2.74. The van der Waals surface area contributed by atoms with Crippen LogP contribution < -0.4 is 10.8 Å². The minimum absolute atomic E-state index is 0. The first kappa shape index (κ1) is 26.7. The molecule has 1 saturated heterocycles. The summed E-state index contributed by atoms with van der Waals surface area (Å²) in [5, 5.41) is 11.8. The van der Waals surface area contributed by atoms with E-state index in [0.717, 1.165) is 44.1 Å². The van der Waals surface area contributed by atoms with Crippen LogP contribution in [0.15, 0.2) is 36.7 Å². The first-order valence-corrected chi connectivity index (χ1v) is 9.40. The molecule has 7 nitrogen and oxygen atoms in total. The zero-order valence-corrected chi connectivity index (χ0v) is 18.3. The predicted octanol–water partition coefficient (Wildman–Crippen LogP) is 3.24. The van der Waals surface area contributed by atoms with Gasteiger partial charge in [-0.3, -0.25) is 15.0 Å². The van der Waals surface area contributed by atoms with Crippen molar-refractivity contribution in [2.75, 3.05) is 25.0 Å². The number of likely N-dealkylation sites (tertiary alicyclic amines) is 1. The third kappa shape index (κ3) is 8.37. The van der Waals surface area contributed by atoms with Crippen molar-refractivity contribution in [3.05, 3.63) is 59.6 Å². The van der Waals surface area contributed by atoms with Crippen LogP contribution in [0.25, 0.3) is 6.08 Å². The Morgan fingerprint density at radius 1 is 1.23 bits per heavy atom. The van der Waals surface area contributed by atoms with E-state index in [1.807, 2.05) is 0 Å². The summed E-state index contributed by atoms with van der Waals surface area (Å²) in [7, 11) is 0. The SMILES string of the molecule is Cl.Cl.O=C(/C=C/c1cnc(N[C@@H]2CCCN(CCc3ccc(F)c(F)c3)C2)cn1)NO. The second kappa shape index (κ2) is 13.2. The molecule has 0 aliphatic carbocycles. The van der Waals surface area contributed by atoms with Crippen LogP contribution in [0, 0.1) is 11.6 Å². The van der Waals surface area contributed by atoms with Gasteiger partial charge in [0, 0.05) is 25.2 Å². The smallest absolute Gasteiger partial charge is 0.267 e. The van der Waals surface area contributed by atoms with Gasteiger partial charge in [0.25, 0.3) is 5.91 Å². The number of hydrogen-bond acceptors (Lipinski definition) is 6. The number of rotatable bonds is 7. The Kier molecular flexibility index (Phi) is 11.3. The lowest BCUT2D eigenvalue weighted by atomic mass is 10.0. The Morgan fingerprint density at radius 3 is 2.71 bits per heavy atom. The topological polar surface area (TPSA) is 90.4 Å². The van der Waals surface area contributed by atoms with Crippen molar-refractivity contribution >= 4 is 42.6 Å². The molecule has 170 valence electrons. The molecule has 1 aliphatic heterocycles. The molecule has 2 aromatic rings. The van der Waals surface area contributed by atoms with Crippen LogP contribution in [0.1, 0.15) is 24.1 Å². The number of nitrogens with one attached hydrogen (secondary N) is 2. The second-order valence-corrected chi connectivity index (χ2v) is 6.92. The largest absolute Gasteiger partial charge is 0.365 e. The number of halogens is 4. The minimum Gasteiger partial charge on any atom is -0.365 e. The normalized spacial score (nSPS) is 16.3. The Hall–Kier alpha value is -2.33. The van der Waals surface area contributed by atoms with Gasteiger partial charge in [-0.2, -0.15) is 0 Å². The highest BCUT2D eigenvalue weighted by molar-refractivity contribution is 5.90. The van der Waals surface area contributed by atoms with Gasteiger partial charge in [-0.25, -0.2) is 19.2 Å². The fraction of sp³-hybridized carbons (Fsp3) is 0.350. The van der Waals surface area contributed by atoms with E-state index >= 15 is 0 Å². The third-order valence-electron chi connectivity index (χ3n) is 4.75. The molecule has 0 bridgehead atoms. The molecule has 1 aliphatic rings. The van der Waals surface area contributed by atoms with Crippen molar-refractivity contribution in [3.63, 3.8) is 0 Å². The fourth-order valence-electron chi connectivity index (χ4n) is 3.26. The zero-order chi connectivity index (χ0) is 20.6. The van der Waals surface area contributed by atoms with E-state index in [4.69, 9.17) is 5.21 Å². The van der Waals surface area contributed by atoms with Crippen LogP contribution in [-0.2, 0) is 11.2 Å². The van der Waals surface area contributed by atoms with Gasteiger partial charge in [0.2, 0.25) is 0 Å². The van der Waals surface area contributed by atoms with Gasteiger partial charge in [-0.05, 0) is 49.6 Å². The summed E-state index contributed by atoms with van der Waals surface area (Å²) in [6, 6.07) is 4.25. The molecule has 0 unspecified atom stereocenters. The standard InChI is InChI=1S/C20H23F2N5O2.2ClH/c21-17-5-3-14(10-18(17)22)7-9-27-8-1-2-16(13-27)25-19-12-23-15(11-24-19)4-6-20(28)26-29;;/h3-6,10-12,16,29H,1-2,7-9,13H2,(H,24,25)(H,26,28);2*1H/b6-4+;;/t16-;;/m1../s1. The lowest BCUT2D eigenvalue weighted by molar-refractivity contribution is -0.124. The Bertz CT molecular complexity index is 871. The number of carbonyl (C=O) groups excluding carboxylic acids is 1. The summed E-state index contributed by atoms with van der Waals surface area (Å²) in [6.45, 7) is 2.56. The van der Waals surface area contributed by atoms with Crippen molar-refractivity contribution in [2.24, 2.45) is 0 Å². The van der Waals surface area contributed by atoms with E-state index in [1.54, 1.807) is 12.3 Å². The number of carbonyl (C=O) groups is 1. The third-order valence-corrected chi connectivity index (χ3v) is 4.75. The Morgan fingerprint density at radius 2 is 2.03 bits per heavy atom. The summed E-state index contributed by atoms with van der Waals surface area (Å²) < 4.78 is 26.4. The lowest BCUT2D eigenvalue weighted by Crippen LogP contribution is -2.43. The summed E-state index contributed by atoms with van der Waals surface area (Å²) in [5.74, 6) is -1.63. The van der Waals surface area contributed by atoms with Gasteiger partial charge in [-0.15, -0.1) is 24.8 Å². The number of nitrogens with zero attached hydrogens (tertiary/aromatic N) is 3. The van der Waals surface area contributed by atoms with Gasteiger partial charge in [0.05, 0.1) is 18.1 Å². The van der Waals surface area contributed by atoms with Crippen LogP contribution in [0.5, 0.6) is 0 Å². The summed E-state index contributed by atoms with van der Waals surface area (Å²) >= 11 is 0. The molecule has 1 aromatic carbocycles. The molecule has 1 aromatic heterocycles. The van der Waals surface area contributed by atoms with Gasteiger partial charge in [0.15, 0.2) is 11.6 Å². The highest BCUT2D eigenvalue weighted by Gasteiger charge is 2.20. The fourth-order valence-corrected chi connectivity index (χ4v) is 3.26. The molecule has 1 fully saturated rings. The minimum atomic E-state index is -0.824. The Balaban J connectivity index is 0.00000240. The maximum absolute atomic E-state index is 13.3. The van der Waals surface area contributed by atoms with Crippen LogP contribution in [0.4, 0.5) is 14.6 Å². The number of aromatic nitrogens is 2. The average molecular weight is 476 g/mol. The maximum Gasteiger partial charge on any atom is 0.267 e. The number of hydrogen-bond donors (Lipinski definition) is 3. The molecular weight excluding hydrogens is 451 g/mol. The van der Waals surface area contributed by atoms with Gasteiger partial charge in [-0.1, -0.05) is 6.07 Å². The number of benzene rings is 1. The van der Waals surface area contributed by atoms with Crippen molar-refractivity contribution in [1.82, 2.24) is 20.3 Å². The molecule has 31 heavy (non-hydrogen) atoms. The number of hydroxylamine groups is 1. The molecule has 1 amide bonds. The summed E-state index contributed by atoms with van der Waals surface area (Å²) in [5.41, 5.74) is 2.78. The maximum atomic E-state index is 13.3. The molecule has 0 spiro atoms. The van der Waals surface area contributed by atoms with Crippen molar-refractivity contribution < 1.29 is 18.8 Å². The van der Waals surface area contributed by atoms with Gasteiger partial charge in [0.1, 0.15) is 5.82 Å². The van der Waals surface area contributed by atoms with E-state index in [1.165, 1.54) is 29.9 Å². The second-order valence-electron chi connectivity index (χ2n) is 6.92. The highest BCUT2D eigenvalue weighted by Crippen LogP contribution is 2.16. The van der Waals surface area contributed by atoms with Crippen LogP contribution in [0.3, 0.4) is 0 Å². The predicted molar refractivity (Wildman–Crippen MR) is 119 cm³/mol. The van der Waals surface area contributed by atoms with Gasteiger partial charge >= 0.3 is 0 Å². The molecule has 1 atom stereocenters. The first-order chi connectivity index (χ1) is 14.0. The summed E-state index contributed by atoms with van der Waals surface area (Å²) in [6.07, 6.45) is 8.42. The molecule has 2 heterocycles. The summed E-state index contributed by atoms with van der Waals surface area (Å²) in [4.78, 5) is 21.8. The molecule has 11 heteroatoms. The lowest BCUT2D eigenvalue weighted by Gasteiger charge is -2.33. The van der Waals surface area contributed by atoms with Crippen molar-refractivity contribution in [2.45, 2.75) is 25.3 Å². The molecule has 0 radical (unpaired) electrons. The molecular formula is C20H25Cl2F2N5O2. The van der Waals surface area contributed by atoms with E-state index in [0.29, 0.717) is 17.9 Å². The van der Waals surface area contributed by atoms with Gasteiger partial charge < -0.3 is 10.2 Å². The number of piperidine rings is 1. The monoisotopic (exact) mass is 475 g/mol. The van der Waals surface area contributed by atoms with Crippen LogP contribution >= 0.6 is 24.8 Å². The molecule has 0 saturated carbocycles. The quantitative estimate of drug-likeness (QED) is 0.323. The van der Waals surface area contributed by atoms with Crippen molar-refractivity contribution in [3.8, 4) is 0 Å². The molecule has 3 rings (SSSR count). The van der Waals surface area contributed by atoms with E-state index < -0.39 is 17.5 Å². The van der Waals surface area contributed by atoms with E-state index in [2.05, 4.69) is 20.2 Å². The van der Waals surface area contributed by atoms with Crippen molar-refractivity contribution in [1.29, 1.82) is 0 Å². The highest BCUT2D eigenvalue weighted by atomic mass is 35.5. The Labute approximate surface area is 191 Å². The van der Waals surface area contributed by atoms with E-state index in [9.17, 15) is 13.6 Å². The van der Waals surface area contributed by atoms with Crippen LogP contribution in [0.2, 0.25) is 0 Å². The van der Waals surface area contributed by atoms with Crippen LogP contribution in [-0.4, -0.2) is 51.7 Å². The first-order valence-electron chi connectivity index (χ1n) is 9.40. The molecule has 3 N–H and O–H groups in total. The number of amides is 1. The van der Waals surface area contributed by atoms with E-state index in [-0.39, 0.29) is 30.9 Å². The zero-order valence-electron chi connectivity index (χ0n) is 16.6. The number of anilines is 1.